The molecule has 2 aromatic carbocycles. The summed E-state index contributed by atoms with van der Waals surface area (Å²) in [5.74, 6) is -1.34. The lowest BCUT2D eigenvalue weighted by Gasteiger charge is -2.18. The Balaban J connectivity index is 2.18. The van der Waals surface area contributed by atoms with Crippen molar-refractivity contribution in [2.24, 2.45) is 0 Å². The van der Waals surface area contributed by atoms with E-state index in [1.54, 1.807) is 25.2 Å². The average Bonchev–Trinajstić information content (AvgIpc) is 2.41. The molecule has 0 unspecified atom stereocenters. The van der Waals surface area contributed by atoms with Gasteiger partial charge in [0.25, 0.3) is 5.91 Å². The normalized spacial score (nSPS) is 10.4. The smallest absolute Gasteiger partial charge is 0.258 e. The molecular formula is C15H12BrF2NO. The molecule has 1 amide bonds. The predicted octanol–water partition coefficient (Wildman–Crippen LogP) is 4.00. The van der Waals surface area contributed by atoms with Gasteiger partial charge in [-0.1, -0.05) is 18.2 Å². The van der Waals surface area contributed by atoms with E-state index in [1.165, 1.54) is 29.2 Å². The summed E-state index contributed by atoms with van der Waals surface area (Å²) in [5, 5.41) is 0. The topological polar surface area (TPSA) is 20.3 Å². The van der Waals surface area contributed by atoms with E-state index in [0.29, 0.717) is 4.47 Å². The van der Waals surface area contributed by atoms with Crippen molar-refractivity contribution in [1.29, 1.82) is 0 Å². The Morgan fingerprint density at radius 3 is 2.40 bits per heavy atom. The molecule has 0 N–H and O–H groups in total. The average molecular weight is 340 g/mol. The lowest BCUT2D eigenvalue weighted by atomic mass is 10.1. The zero-order valence-corrected chi connectivity index (χ0v) is 12.3. The van der Waals surface area contributed by atoms with E-state index in [9.17, 15) is 13.6 Å². The molecule has 0 saturated heterocycles. The van der Waals surface area contributed by atoms with Gasteiger partial charge in [0.15, 0.2) is 0 Å². The number of carbonyl (C=O) groups is 1. The van der Waals surface area contributed by atoms with E-state index in [-0.39, 0.29) is 17.9 Å². The molecule has 20 heavy (non-hydrogen) atoms. The van der Waals surface area contributed by atoms with Gasteiger partial charge in [-0.3, -0.25) is 4.79 Å². The molecule has 0 aliphatic heterocycles. The Hall–Kier alpha value is -1.75. The van der Waals surface area contributed by atoms with Gasteiger partial charge in [-0.15, -0.1) is 0 Å². The molecule has 2 aromatic rings. The van der Waals surface area contributed by atoms with Crippen LogP contribution in [0.3, 0.4) is 0 Å². The Bertz CT molecular complexity index is 608. The zero-order valence-electron chi connectivity index (χ0n) is 10.7. The summed E-state index contributed by atoms with van der Waals surface area (Å²) in [6, 6.07) is 10.2. The summed E-state index contributed by atoms with van der Waals surface area (Å²) in [6.45, 7) is 0.278. The van der Waals surface area contributed by atoms with Crippen molar-refractivity contribution in [2.45, 2.75) is 6.54 Å². The molecule has 0 radical (unpaired) electrons. The third-order valence-corrected chi connectivity index (χ3v) is 3.52. The van der Waals surface area contributed by atoms with Crippen LogP contribution in [0.5, 0.6) is 0 Å². The number of carbonyl (C=O) groups excluding carboxylic acids is 1. The largest absolute Gasteiger partial charge is 0.337 e. The van der Waals surface area contributed by atoms with Crippen molar-refractivity contribution < 1.29 is 13.6 Å². The number of hydrogen-bond donors (Lipinski definition) is 0. The van der Waals surface area contributed by atoms with Crippen molar-refractivity contribution in [3.8, 4) is 0 Å². The van der Waals surface area contributed by atoms with Gasteiger partial charge >= 0.3 is 0 Å². The maximum atomic E-state index is 13.7. The van der Waals surface area contributed by atoms with Crippen LogP contribution in [-0.4, -0.2) is 17.9 Å². The highest BCUT2D eigenvalue weighted by molar-refractivity contribution is 9.10. The van der Waals surface area contributed by atoms with Gasteiger partial charge in [0.1, 0.15) is 11.6 Å². The molecule has 5 heteroatoms. The first kappa shape index (κ1) is 14.7. The molecule has 0 aromatic heterocycles. The Labute approximate surface area is 124 Å². The first-order valence-electron chi connectivity index (χ1n) is 5.93. The Morgan fingerprint density at radius 2 is 1.80 bits per heavy atom. The number of benzene rings is 2. The fourth-order valence-corrected chi connectivity index (χ4v) is 2.34. The van der Waals surface area contributed by atoms with Gasteiger partial charge in [0.05, 0.1) is 5.56 Å². The second-order valence-corrected chi connectivity index (χ2v) is 5.24. The standard InChI is InChI=1S/C15H12BrF2NO/c1-19(9-10-5-7-11(17)8-6-10)15(20)14-12(16)3-2-4-13(14)18/h2-8H,9H2,1H3. The highest BCUT2D eigenvalue weighted by Crippen LogP contribution is 2.21. The number of halogens is 3. The quantitative estimate of drug-likeness (QED) is 0.827. The molecule has 0 atom stereocenters. The van der Waals surface area contributed by atoms with E-state index >= 15 is 0 Å². The third kappa shape index (κ3) is 3.22. The highest BCUT2D eigenvalue weighted by atomic mass is 79.9. The summed E-state index contributed by atoms with van der Waals surface area (Å²) in [4.78, 5) is 13.6. The van der Waals surface area contributed by atoms with Crippen LogP contribution in [0.25, 0.3) is 0 Å². The molecule has 0 spiro atoms. The van der Waals surface area contributed by atoms with E-state index in [1.807, 2.05) is 0 Å². The summed E-state index contributed by atoms with van der Waals surface area (Å²) in [6.07, 6.45) is 0. The highest BCUT2D eigenvalue weighted by Gasteiger charge is 2.19. The Morgan fingerprint density at radius 1 is 1.15 bits per heavy atom. The lowest BCUT2D eigenvalue weighted by molar-refractivity contribution is 0.0779. The molecule has 104 valence electrons. The molecule has 0 aliphatic carbocycles. The summed E-state index contributed by atoms with van der Waals surface area (Å²) >= 11 is 3.17. The minimum absolute atomic E-state index is 0.00267. The van der Waals surface area contributed by atoms with Gasteiger partial charge in [-0.2, -0.15) is 0 Å². The van der Waals surface area contributed by atoms with Crippen LogP contribution in [0.2, 0.25) is 0 Å². The van der Waals surface area contributed by atoms with E-state index in [2.05, 4.69) is 15.9 Å². The minimum Gasteiger partial charge on any atom is -0.337 e. The van der Waals surface area contributed by atoms with Gasteiger partial charge in [-0.05, 0) is 45.8 Å². The van der Waals surface area contributed by atoms with E-state index in [0.717, 1.165) is 5.56 Å². The molecule has 2 nitrogen and oxygen atoms in total. The van der Waals surface area contributed by atoms with Crippen molar-refractivity contribution in [3.05, 3.63) is 69.7 Å². The molecule has 0 fully saturated rings. The first-order chi connectivity index (χ1) is 9.49. The molecule has 2 rings (SSSR count). The monoisotopic (exact) mass is 339 g/mol. The lowest BCUT2D eigenvalue weighted by Crippen LogP contribution is -2.27. The van der Waals surface area contributed by atoms with Crippen LogP contribution in [-0.2, 0) is 6.54 Å². The van der Waals surface area contributed by atoms with Gasteiger partial charge in [0.2, 0.25) is 0 Å². The molecule has 0 heterocycles. The van der Waals surface area contributed by atoms with Crippen LogP contribution in [0.4, 0.5) is 8.78 Å². The van der Waals surface area contributed by atoms with E-state index < -0.39 is 11.7 Å². The second-order valence-electron chi connectivity index (χ2n) is 4.38. The van der Waals surface area contributed by atoms with Crippen molar-refractivity contribution in [2.75, 3.05) is 7.05 Å². The fraction of sp³-hybridized carbons (Fsp3) is 0.133. The molecule has 0 aliphatic rings. The number of amides is 1. The van der Waals surface area contributed by atoms with Crippen LogP contribution in [0, 0.1) is 11.6 Å². The second kappa shape index (κ2) is 6.13. The number of hydrogen-bond acceptors (Lipinski definition) is 1. The summed E-state index contributed by atoms with van der Waals surface area (Å²) < 4.78 is 27.0. The Kier molecular flexibility index (Phi) is 4.49. The number of rotatable bonds is 3. The SMILES string of the molecule is CN(Cc1ccc(F)cc1)C(=O)c1c(F)cccc1Br. The third-order valence-electron chi connectivity index (χ3n) is 2.86. The fourth-order valence-electron chi connectivity index (χ4n) is 1.83. The molecular weight excluding hydrogens is 328 g/mol. The maximum absolute atomic E-state index is 13.7. The predicted molar refractivity (Wildman–Crippen MR) is 76.3 cm³/mol. The van der Waals surface area contributed by atoms with Crippen LogP contribution < -0.4 is 0 Å². The maximum Gasteiger partial charge on any atom is 0.258 e. The zero-order chi connectivity index (χ0) is 14.7. The molecule has 0 saturated carbocycles. The minimum atomic E-state index is -0.574. The summed E-state index contributed by atoms with van der Waals surface area (Å²) in [7, 11) is 1.57. The van der Waals surface area contributed by atoms with Gasteiger partial charge < -0.3 is 4.90 Å². The van der Waals surface area contributed by atoms with Gasteiger partial charge in [0, 0.05) is 18.1 Å². The molecule has 0 bridgehead atoms. The van der Waals surface area contributed by atoms with Crippen LogP contribution in [0.1, 0.15) is 15.9 Å². The van der Waals surface area contributed by atoms with Gasteiger partial charge in [-0.25, -0.2) is 8.78 Å². The van der Waals surface area contributed by atoms with Crippen LogP contribution in [0.15, 0.2) is 46.9 Å². The van der Waals surface area contributed by atoms with Crippen molar-refractivity contribution >= 4 is 21.8 Å². The van der Waals surface area contributed by atoms with E-state index in [4.69, 9.17) is 0 Å². The summed E-state index contributed by atoms with van der Waals surface area (Å²) in [5.41, 5.74) is 0.770. The van der Waals surface area contributed by atoms with Crippen LogP contribution >= 0.6 is 15.9 Å². The first-order valence-corrected chi connectivity index (χ1v) is 6.72. The van der Waals surface area contributed by atoms with Crippen molar-refractivity contribution in [1.82, 2.24) is 4.90 Å². The number of nitrogens with zero attached hydrogens (tertiary/aromatic N) is 1. The van der Waals surface area contributed by atoms with Crippen molar-refractivity contribution in [3.63, 3.8) is 0 Å².